The second-order valence-electron chi connectivity index (χ2n) is 8.66. The van der Waals surface area contributed by atoms with Gasteiger partial charge in [0.2, 0.25) is 0 Å². The highest BCUT2D eigenvalue weighted by molar-refractivity contribution is 5.69. The first-order chi connectivity index (χ1) is 13.8. The van der Waals surface area contributed by atoms with Crippen LogP contribution in [0.3, 0.4) is 0 Å². The van der Waals surface area contributed by atoms with Gasteiger partial charge in [-0.1, -0.05) is 24.4 Å². The molecule has 0 spiro atoms. The van der Waals surface area contributed by atoms with E-state index in [4.69, 9.17) is 15.0 Å². The Labute approximate surface area is 174 Å². The van der Waals surface area contributed by atoms with Crippen molar-refractivity contribution in [3.8, 4) is 0 Å². The third-order valence-electron chi connectivity index (χ3n) is 5.04. The molecule has 8 heteroatoms. The lowest BCUT2D eigenvalue weighted by Crippen LogP contribution is -2.45. The van der Waals surface area contributed by atoms with Crippen LogP contribution < -0.4 is 0 Å². The summed E-state index contributed by atoms with van der Waals surface area (Å²) in [6.45, 7) is 8.56. The van der Waals surface area contributed by atoms with Crippen molar-refractivity contribution in [1.29, 1.82) is 0 Å². The molecule has 0 aromatic heterocycles. The van der Waals surface area contributed by atoms with Gasteiger partial charge in [0.15, 0.2) is 0 Å². The zero-order valence-corrected chi connectivity index (χ0v) is 18.6. The highest BCUT2D eigenvalue weighted by Crippen LogP contribution is 2.27. The molecule has 0 radical (unpaired) electrons. The summed E-state index contributed by atoms with van der Waals surface area (Å²) in [6.07, 6.45) is 8.30. The summed E-state index contributed by atoms with van der Waals surface area (Å²) in [5.74, 6) is -0.125. The molecule has 1 aliphatic rings. The molecule has 166 valence electrons. The Kier molecular flexibility index (Phi) is 11.5. The van der Waals surface area contributed by atoms with Crippen LogP contribution in [0.25, 0.3) is 10.4 Å². The van der Waals surface area contributed by atoms with Gasteiger partial charge in [-0.3, -0.25) is 4.79 Å². The van der Waals surface area contributed by atoms with Gasteiger partial charge in [0.1, 0.15) is 5.60 Å². The maximum absolute atomic E-state index is 12.7. The molecule has 0 aromatic rings. The molecular formula is C21H38N4O4. The second-order valence-corrected chi connectivity index (χ2v) is 8.66. The maximum Gasteiger partial charge on any atom is 0.410 e. The van der Waals surface area contributed by atoms with E-state index in [9.17, 15) is 9.59 Å². The molecule has 8 nitrogen and oxygen atoms in total. The van der Waals surface area contributed by atoms with Crippen molar-refractivity contribution in [1.82, 2.24) is 4.90 Å². The number of hydrogen-bond donors (Lipinski definition) is 0. The number of nitrogens with zero attached hydrogens (tertiary/aromatic N) is 4. The van der Waals surface area contributed by atoms with Crippen molar-refractivity contribution >= 4 is 12.1 Å². The van der Waals surface area contributed by atoms with E-state index in [1.165, 1.54) is 0 Å². The van der Waals surface area contributed by atoms with Crippen LogP contribution in [0.1, 0.15) is 91.9 Å². The van der Waals surface area contributed by atoms with Gasteiger partial charge in [0, 0.05) is 30.0 Å². The summed E-state index contributed by atoms with van der Waals surface area (Å²) < 4.78 is 10.6. The standard InChI is InChI=1S/C21H38N4O4/c1-5-28-19(26)11-9-7-6-8-10-16-25(20(27)29-21(2,3)4)18-14-12-17(13-15-18)23-24-22/h17-18H,5-16H2,1-4H3/t17-,18+. The molecule has 29 heavy (non-hydrogen) atoms. The molecule has 0 N–H and O–H groups in total. The highest BCUT2D eigenvalue weighted by atomic mass is 16.6. The fraction of sp³-hybridized carbons (Fsp3) is 0.905. The minimum atomic E-state index is -0.523. The molecule has 0 saturated heterocycles. The Morgan fingerprint density at radius 1 is 1.07 bits per heavy atom. The van der Waals surface area contributed by atoms with Crippen LogP contribution >= 0.6 is 0 Å². The van der Waals surface area contributed by atoms with Gasteiger partial charge in [-0.25, -0.2) is 4.79 Å². The third-order valence-corrected chi connectivity index (χ3v) is 5.04. The first-order valence-electron chi connectivity index (χ1n) is 11.0. The topological polar surface area (TPSA) is 105 Å². The average Bonchev–Trinajstić information content (AvgIpc) is 2.64. The normalized spacial score (nSPS) is 19.2. The largest absolute Gasteiger partial charge is 0.466 e. The van der Waals surface area contributed by atoms with Crippen LogP contribution in [0, 0.1) is 0 Å². The Morgan fingerprint density at radius 3 is 2.28 bits per heavy atom. The predicted molar refractivity (Wildman–Crippen MR) is 112 cm³/mol. The van der Waals surface area contributed by atoms with E-state index in [-0.39, 0.29) is 24.1 Å². The van der Waals surface area contributed by atoms with Gasteiger partial charge < -0.3 is 14.4 Å². The summed E-state index contributed by atoms with van der Waals surface area (Å²) in [5, 5.41) is 3.82. The average molecular weight is 411 g/mol. The summed E-state index contributed by atoms with van der Waals surface area (Å²) in [7, 11) is 0. The number of rotatable bonds is 11. The first-order valence-corrected chi connectivity index (χ1v) is 11.0. The molecule has 0 bridgehead atoms. The lowest BCUT2D eigenvalue weighted by molar-refractivity contribution is -0.143. The fourth-order valence-electron chi connectivity index (χ4n) is 3.62. The van der Waals surface area contributed by atoms with Gasteiger partial charge in [-0.2, -0.15) is 0 Å². The smallest absolute Gasteiger partial charge is 0.410 e. The van der Waals surface area contributed by atoms with E-state index in [1.54, 1.807) is 0 Å². The van der Waals surface area contributed by atoms with E-state index in [0.717, 1.165) is 57.8 Å². The van der Waals surface area contributed by atoms with E-state index < -0.39 is 5.60 Å². The monoisotopic (exact) mass is 410 g/mol. The molecule has 0 unspecified atom stereocenters. The van der Waals surface area contributed by atoms with Crippen molar-refractivity contribution in [2.24, 2.45) is 5.11 Å². The number of esters is 1. The highest BCUT2D eigenvalue weighted by Gasteiger charge is 2.31. The Hall–Kier alpha value is -1.95. The summed E-state index contributed by atoms with van der Waals surface area (Å²) in [6, 6.07) is 0.176. The van der Waals surface area contributed by atoms with E-state index in [2.05, 4.69) is 10.0 Å². The van der Waals surface area contributed by atoms with Crippen LogP contribution in [-0.2, 0) is 14.3 Å². The molecule has 1 saturated carbocycles. The number of carbonyl (C=O) groups is 2. The second kappa shape index (κ2) is 13.3. The summed E-state index contributed by atoms with van der Waals surface area (Å²) in [5.41, 5.74) is 8.10. The van der Waals surface area contributed by atoms with Crippen molar-refractivity contribution in [3.05, 3.63) is 10.4 Å². The number of azide groups is 1. The summed E-state index contributed by atoms with van der Waals surface area (Å²) >= 11 is 0. The zero-order chi connectivity index (χ0) is 21.7. The predicted octanol–water partition coefficient (Wildman–Crippen LogP) is 5.75. The van der Waals surface area contributed by atoms with E-state index in [0.29, 0.717) is 19.6 Å². The quantitative estimate of drug-likeness (QED) is 0.142. The van der Waals surface area contributed by atoms with Crippen LogP contribution in [0.2, 0.25) is 0 Å². The number of ether oxygens (including phenoxy) is 2. The van der Waals surface area contributed by atoms with Crippen LogP contribution in [0.5, 0.6) is 0 Å². The maximum atomic E-state index is 12.7. The minimum Gasteiger partial charge on any atom is -0.466 e. The van der Waals surface area contributed by atoms with Crippen LogP contribution in [-0.4, -0.2) is 47.8 Å². The van der Waals surface area contributed by atoms with Crippen molar-refractivity contribution < 1.29 is 19.1 Å². The van der Waals surface area contributed by atoms with Crippen molar-refractivity contribution in [2.75, 3.05) is 13.2 Å². The number of hydrogen-bond acceptors (Lipinski definition) is 5. The van der Waals surface area contributed by atoms with Gasteiger partial charge in [-0.15, -0.1) is 0 Å². The zero-order valence-electron chi connectivity index (χ0n) is 18.6. The number of unbranched alkanes of at least 4 members (excludes halogenated alkanes) is 4. The summed E-state index contributed by atoms with van der Waals surface area (Å²) in [4.78, 5) is 28.9. The lowest BCUT2D eigenvalue weighted by Gasteiger charge is -2.37. The van der Waals surface area contributed by atoms with Crippen LogP contribution in [0.4, 0.5) is 4.79 Å². The Morgan fingerprint density at radius 2 is 1.69 bits per heavy atom. The van der Waals surface area contributed by atoms with Crippen molar-refractivity contribution in [3.63, 3.8) is 0 Å². The molecule has 0 aromatic carbocycles. The Balaban J connectivity index is 2.44. The molecule has 0 atom stereocenters. The van der Waals surface area contributed by atoms with Gasteiger partial charge in [0.05, 0.1) is 6.61 Å². The number of carbonyl (C=O) groups excluding carboxylic acids is 2. The minimum absolute atomic E-state index is 0.0381. The molecule has 0 heterocycles. The van der Waals surface area contributed by atoms with Gasteiger partial charge in [-0.05, 0) is 71.8 Å². The molecule has 1 amide bonds. The molecular weight excluding hydrogens is 372 g/mol. The van der Waals surface area contributed by atoms with Gasteiger partial charge >= 0.3 is 12.1 Å². The van der Waals surface area contributed by atoms with Gasteiger partial charge in [0.25, 0.3) is 0 Å². The van der Waals surface area contributed by atoms with Crippen molar-refractivity contribution in [2.45, 2.75) is 110 Å². The Bertz CT molecular complexity index is 547. The van der Waals surface area contributed by atoms with Crippen LogP contribution in [0.15, 0.2) is 5.11 Å². The lowest BCUT2D eigenvalue weighted by atomic mass is 9.90. The first kappa shape index (κ1) is 25.1. The third kappa shape index (κ3) is 11.0. The van der Waals surface area contributed by atoms with E-state index in [1.807, 2.05) is 32.6 Å². The fourth-order valence-corrected chi connectivity index (χ4v) is 3.62. The van der Waals surface area contributed by atoms with E-state index >= 15 is 0 Å². The molecule has 1 fully saturated rings. The molecule has 1 rings (SSSR count). The SMILES string of the molecule is CCOC(=O)CCCCCCCN(C(=O)OC(C)(C)C)[C@H]1CC[C@@H](N=[N+]=[N-])CC1. The molecule has 1 aliphatic carbocycles. The molecule has 0 aliphatic heterocycles. The number of amides is 1.